The summed E-state index contributed by atoms with van der Waals surface area (Å²) in [6.07, 6.45) is 1.35. The van der Waals surface area contributed by atoms with Gasteiger partial charge in [-0.3, -0.25) is 4.79 Å². The molecule has 0 aromatic rings. The van der Waals surface area contributed by atoms with Crippen LogP contribution < -0.4 is 0 Å². The Morgan fingerprint density at radius 3 is 2.64 bits per heavy atom. The Morgan fingerprint density at radius 1 is 1.50 bits per heavy atom. The normalized spacial score (nSPS) is 32.8. The first kappa shape index (κ1) is 11.2. The number of rotatable bonds is 2. The number of carbonyl (C=O) groups is 1. The van der Waals surface area contributed by atoms with Crippen molar-refractivity contribution < 1.29 is 14.3 Å². The maximum absolute atomic E-state index is 11.5. The van der Waals surface area contributed by atoms with Gasteiger partial charge in [0.1, 0.15) is 0 Å². The fraction of sp³-hybridized carbons (Fsp3) is 0.800. The molecule has 80 valence electrons. The molecular weight excluding hydrogens is 182 g/mol. The van der Waals surface area contributed by atoms with Crippen LogP contribution in [0.2, 0.25) is 0 Å². The zero-order chi connectivity index (χ0) is 10.7. The SMILES string of the molecule is COC(=O)C1C(OC)CCC(=N)C1C. The van der Waals surface area contributed by atoms with Gasteiger partial charge in [-0.05, 0) is 12.8 Å². The summed E-state index contributed by atoms with van der Waals surface area (Å²) in [5.74, 6) is -0.652. The van der Waals surface area contributed by atoms with Crippen LogP contribution in [-0.2, 0) is 14.3 Å². The summed E-state index contributed by atoms with van der Waals surface area (Å²) in [7, 11) is 2.97. The maximum Gasteiger partial charge on any atom is 0.311 e. The van der Waals surface area contributed by atoms with E-state index in [2.05, 4.69) is 0 Å². The smallest absolute Gasteiger partial charge is 0.311 e. The van der Waals surface area contributed by atoms with E-state index in [0.29, 0.717) is 12.1 Å². The fourth-order valence-electron chi connectivity index (χ4n) is 2.00. The molecule has 3 atom stereocenters. The van der Waals surface area contributed by atoms with Gasteiger partial charge in [-0.1, -0.05) is 6.92 Å². The summed E-state index contributed by atoms with van der Waals surface area (Å²) in [5.41, 5.74) is 0.619. The van der Waals surface area contributed by atoms with Crippen molar-refractivity contribution in [2.45, 2.75) is 25.9 Å². The Kier molecular flexibility index (Phi) is 3.63. The first-order valence-corrected chi connectivity index (χ1v) is 4.79. The van der Waals surface area contributed by atoms with Crippen LogP contribution in [0.15, 0.2) is 0 Å². The van der Waals surface area contributed by atoms with E-state index in [4.69, 9.17) is 14.9 Å². The Morgan fingerprint density at radius 2 is 2.14 bits per heavy atom. The third-order valence-corrected chi connectivity index (χ3v) is 2.96. The molecule has 0 saturated heterocycles. The van der Waals surface area contributed by atoms with Crippen LogP contribution in [0, 0.1) is 17.2 Å². The van der Waals surface area contributed by atoms with Gasteiger partial charge in [-0.25, -0.2) is 0 Å². The van der Waals surface area contributed by atoms with E-state index in [-0.39, 0.29) is 23.9 Å². The molecule has 4 heteroatoms. The van der Waals surface area contributed by atoms with Crippen molar-refractivity contribution in [1.29, 1.82) is 5.41 Å². The molecule has 1 rings (SSSR count). The van der Waals surface area contributed by atoms with E-state index < -0.39 is 0 Å². The summed E-state index contributed by atoms with van der Waals surface area (Å²) in [6.45, 7) is 1.88. The first-order valence-electron chi connectivity index (χ1n) is 4.79. The Bertz CT molecular complexity index is 240. The minimum Gasteiger partial charge on any atom is -0.469 e. The van der Waals surface area contributed by atoms with Gasteiger partial charge in [0, 0.05) is 18.7 Å². The molecule has 0 spiro atoms. The second-order valence-corrected chi connectivity index (χ2v) is 3.68. The lowest BCUT2D eigenvalue weighted by atomic mass is 9.77. The van der Waals surface area contributed by atoms with E-state index in [1.54, 1.807) is 7.11 Å². The van der Waals surface area contributed by atoms with E-state index >= 15 is 0 Å². The standard InChI is InChI=1S/C10H17NO3/c1-6-7(11)4-5-8(13-2)9(6)10(12)14-3/h6,8-9,11H,4-5H2,1-3H3. The minimum absolute atomic E-state index is 0.0684. The molecule has 1 aliphatic rings. The number of hydrogen-bond acceptors (Lipinski definition) is 4. The summed E-state index contributed by atoms with van der Waals surface area (Å²) in [6, 6.07) is 0. The Labute approximate surface area is 84.1 Å². The lowest BCUT2D eigenvalue weighted by molar-refractivity contribution is -0.152. The Balaban J connectivity index is 2.81. The zero-order valence-corrected chi connectivity index (χ0v) is 8.87. The van der Waals surface area contributed by atoms with Crippen molar-refractivity contribution in [3.05, 3.63) is 0 Å². The third-order valence-electron chi connectivity index (χ3n) is 2.96. The molecule has 0 bridgehead atoms. The van der Waals surface area contributed by atoms with Crippen molar-refractivity contribution in [3.63, 3.8) is 0 Å². The van der Waals surface area contributed by atoms with Crippen LogP contribution in [0.3, 0.4) is 0 Å². The molecule has 0 aromatic heterocycles. The molecule has 0 heterocycles. The van der Waals surface area contributed by atoms with Crippen LogP contribution in [0.5, 0.6) is 0 Å². The first-order chi connectivity index (χ1) is 6.61. The largest absolute Gasteiger partial charge is 0.469 e. The molecule has 1 saturated carbocycles. The fourth-order valence-corrected chi connectivity index (χ4v) is 2.00. The number of esters is 1. The van der Waals surface area contributed by atoms with Crippen LogP contribution in [0.1, 0.15) is 19.8 Å². The molecule has 0 amide bonds. The van der Waals surface area contributed by atoms with E-state index in [1.165, 1.54) is 7.11 Å². The average Bonchev–Trinajstić information content (AvgIpc) is 2.20. The molecule has 1 fully saturated rings. The van der Waals surface area contributed by atoms with Gasteiger partial charge in [0.05, 0.1) is 19.1 Å². The van der Waals surface area contributed by atoms with Gasteiger partial charge in [0.15, 0.2) is 0 Å². The number of methoxy groups -OCH3 is 2. The average molecular weight is 199 g/mol. The number of hydrogen-bond donors (Lipinski definition) is 1. The van der Waals surface area contributed by atoms with Crippen LogP contribution in [-0.4, -0.2) is 32.0 Å². The summed E-state index contributed by atoms with van der Waals surface area (Å²) < 4.78 is 9.97. The minimum atomic E-state index is -0.314. The summed E-state index contributed by atoms with van der Waals surface area (Å²) in [4.78, 5) is 11.5. The summed E-state index contributed by atoms with van der Waals surface area (Å²) >= 11 is 0. The lowest BCUT2D eigenvalue weighted by Crippen LogP contribution is -2.42. The number of ether oxygens (including phenoxy) is 2. The maximum atomic E-state index is 11.5. The van der Waals surface area contributed by atoms with Crippen LogP contribution in [0.4, 0.5) is 0 Å². The van der Waals surface area contributed by atoms with Crippen molar-refractivity contribution in [3.8, 4) is 0 Å². The van der Waals surface area contributed by atoms with Gasteiger partial charge in [0.25, 0.3) is 0 Å². The van der Waals surface area contributed by atoms with E-state index in [9.17, 15) is 4.79 Å². The Hall–Kier alpha value is -0.900. The van der Waals surface area contributed by atoms with Gasteiger partial charge >= 0.3 is 5.97 Å². The van der Waals surface area contributed by atoms with Crippen molar-refractivity contribution in [2.24, 2.45) is 11.8 Å². The second kappa shape index (κ2) is 4.55. The number of carbonyl (C=O) groups excluding carboxylic acids is 1. The highest BCUT2D eigenvalue weighted by Crippen LogP contribution is 2.30. The molecule has 0 aliphatic heterocycles. The second-order valence-electron chi connectivity index (χ2n) is 3.68. The van der Waals surface area contributed by atoms with Crippen LogP contribution >= 0.6 is 0 Å². The predicted octanol–water partition coefficient (Wildman–Crippen LogP) is 1.24. The zero-order valence-electron chi connectivity index (χ0n) is 8.87. The van der Waals surface area contributed by atoms with Gasteiger partial charge in [-0.2, -0.15) is 0 Å². The topological polar surface area (TPSA) is 59.4 Å². The van der Waals surface area contributed by atoms with Gasteiger partial charge in [-0.15, -0.1) is 0 Å². The molecule has 1 N–H and O–H groups in total. The molecule has 0 aromatic carbocycles. The predicted molar refractivity (Wildman–Crippen MR) is 52.4 cm³/mol. The molecule has 1 aliphatic carbocycles. The van der Waals surface area contributed by atoms with Crippen molar-refractivity contribution in [2.75, 3.05) is 14.2 Å². The van der Waals surface area contributed by atoms with Crippen LogP contribution in [0.25, 0.3) is 0 Å². The third kappa shape index (κ3) is 1.95. The monoisotopic (exact) mass is 199 g/mol. The van der Waals surface area contributed by atoms with Crippen molar-refractivity contribution in [1.82, 2.24) is 0 Å². The van der Waals surface area contributed by atoms with E-state index in [0.717, 1.165) is 6.42 Å². The summed E-state index contributed by atoms with van der Waals surface area (Å²) in [5, 5.41) is 7.70. The van der Waals surface area contributed by atoms with Gasteiger partial charge < -0.3 is 14.9 Å². The van der Waals surface area contributed by atoms with Gasteiger partial charge in [0.2, 0.25) is 0 Å². The number of nitrogens with one attached hydrogen (secondary N) is 1. The molecule has 14 heavy (non-hydrogen) atoms. The van der Waals surface area contributed by atoms with E-state index in [1.807, 2.05) is 6.92 Å². The quantitative estimate of drug-likeness (QED) is 0.681. The molecule has 4 nitrogen and oxygen atoms in total. The van der Waals surface area contributed by atoms with Crippen molar-refractivity contribution >= 4 is 11.7 Å². The highest BCUT2D eigenvalue weighted by atomic mass is 16.5. The molecule has 0 radical (unpaired) electrons. The molecular formula is C10H17NO3. The lowest BCUT2D eigenvalue weighted by Gasteiger charge is -2.33. The molecule has 3 unspecified atom stereocenters. The highest BCUT2D eigenvalue weighted by Gasteiger charge is 2.39. The highest BCUT2D eigenvalue weighted by molar-refractivity contribution is 5.90.